The molecule has 3 N–H and O–H groups in total. The molecule has 1 atom stereocenters. The molecular weight excluding hydrogens is 382 g/mol. The van der Waals surface area contributed by atoms with Gasteiger partial charge < -0.3 is 10.1 Å². The molecule has 0 unspecified atom stereocenters. The minimum Gasteiger partial charge on any atom is -0.481 e. The summed E-state index contributed by atoms with van der Waals surface area (Å²) < 4.78 is 5.72. The molecule has 0 saturated carbocycles. The van der Waals surface area contributed by atoms with Crippen LogP contribution in [0.3, 0.4) is 0 Å². The smallest absolute Gasteiger partial charge is 0.279 e. The third-order valence-electron chi connectivity index (χ3n) is 3.80. The lowest BCUT2D eigenvalue weighted by atomic mass is 10.1. The maximum Gasteiger partial charge on any atom is 0.279 e. The summed E-state index contributed by atoms with van der Waals surface area (Å²) in [7, 11) is 0. The molecule has 0 radical (unpaired) electrons. The van der Waals surface area contributed by atoms with Crippen LogP contribution in [-0.2, 0) is 4.79 Å². The summed E-state index contributed by atoms with van der Waals surface area (Å²) in [6.45, 7) is 1.67. The molecule has 138 valence electrons. The van der Waals surface area contributed by atoms with Crippen LogP contribution in [-0.4, -0.2) is 17.1 Å². The zero-order valence-electron chi connectivity index (χ0n) is 14.5. The van der Waals surface area contributed by atoms with Crippen LogP contribution in [0, 0.1) is 0 Å². The van der Waals surface area contributed by atoms with Gasteiger partial charge in [0.05, 0.1) is 0 Å². The first kappa shape index (κ1) is 18.9. The number of carbonyl (C=O) groups excluding carboxylic acids is 1. The Balaban J connectivity index is 1.50. The molecule has 27 heavy (non-hydrogen) atoms. The van der Waals surface area contributed by atoms with Crippen LogP contribution in [0.5, 0.6) is 5.75 Å². The second-order valence-electron chi connectivity index (χ2n) is 5.84. The number of nitrogens with one attached hydrogen (secondary N) is 3. The molecule has 5 nitrogen and oxygen atoms in total. The number of ether oxygens (including phenoxy) is 1. The summed E-state index contributed by atoms with van der Waals surface area (Å²) in [5, 5.41) is 5.99. The Labute approximate surface area is 167 Å². The van der Waals surface area contributed by atoms with E-state index >= 15 is 0 Å². The van der Waals surface area contributed by atoms with Crippen LogP contribution in [0.25, 0.3) is 10.8 Å². The number of anilines is 1. The molecule has 0 aliphatic rings. The largest absolute Gasteiger partial charge is 0.481 e. The predicted molar refractivity (Wildman–Crippen MR) is 113 cm³/mol. The molecule has 1 amide bonds. The molecule has 0 aliphatic heterocycles. The first-order valence-corrected chi connectivity index (χ1v) is 9.08. The average molecular weight is 400 g/mol. The number of hydrazine groups is 1. The molecule has 0 saturated heterocycles. The molecular formula is C20H18ClN3O2S. The van der Waals surface area contributed by atoms with E-state index in [1.165, 1.54) is 0 Å². The highest BCUT2D eigenvalue weighted by molar-refractivity contribution is 7.80. The summed E-state index contributed by atoms with van der Waals surface area (Å²) in [4.78, 5) is 12.2. The number of rotatable bonds is 4. The van der Waals surface area contributed by atoms with Crippen LogP contribution in [0.4, 0.5) is 5.69 Å². The van der Waals surface area contributed by atoms with Crippen molar-refractivity contribution in [2.24, 2.45) is 0 Å². The van der Waals surface area contributed by atoms with Crippen LogP contribution in [0.2, 0.25) is 5.02 Å². The van der Waals surface area contributed by atoms with E-state index in [1.54, 1.807) is 31.2 Å². The maximum absolute atomic E-state index is 12.2. The standard InChI is InChI=1S/C20H18ClN3O2S/c1-13(26-18-11-6-14-4-2-3-5-15(14)12-18)19(25)23-24-20(27)22-17-9-7-16(21)8-10-17/h2-13H,1H3,(H,23,25)(H2,22,24,27)/t13-/m0/s1. The zero-order chi connectivity index (χ0) is 19.2. The minimum atomic E-state index is -0.697. The van der Waals surface area contributed by atoms with Gasteiger partial charge in [0.25, 0.3) is 5.91 Å². The average Bonchev–Trinajstić information content (AvgIpc) is 2.67. The second kappa shape index (κ2) is 8.70. The third-order valence-corrected chi connectivity index (χ3v) is 4.26. The van der Waals surface area contributed by atoms with E-state index in [0.29, 0.717) is 10.8 Å². The van der Waals surface area contributed by atoms with Gasteiger partial charge in [0, 0.05) is 10.7 Å². The lowest BCUT2D eigenvalue weighted by Crippen LogP contribution is -2.48. The van der Waals surface area contributed by atoms with Gasteiger partial charge in [-0.05, 0) is 66.3 Å². The lowest BCUT2D eigenvalue weighted by Gasteiger charge is -2.17. The van der Waals surface area contributed by atoms with Crippen LogP contribution < -0.4 is 20.9 Å². The first-order valence-electron chi connectivity index (χ1n) is 8.29. The molecule has 0 aromatic heterocycles. The number of benzene rings is 3. The van der Waals surface area contributed by atoms with Crippen molar-refractivity contribution in [2.75, 3.05) is 5.32 Å². The molecule has 0 aliphatic carbocycles. The molecule has 3 rings (SSSR count). The molecule has 0 fully saturated rings. The van der Waals surface area contributed by atoms with Gasteiger partial charge in [-0.1, -0.05) is 41.9 Å². The summed E-state index contributed by atoms with van der Waals surface area (Å²) >= 11 is 11.0. The Bertz CT molecular complexity index is 963. The molecule has 0 heterocycles. The molecule has 0 spiro atoms. The highest BCUT2D eigenvalue weighted by Gasteiger charge is 2.15. The Morgan fingerprint density at radius 2 is 1.70 bits per heavy atom. The van der Waals surface area contributed by atoms with Crippen LogP contribution >= 0.6 is 23.8 Å². The van der Waals surface area contributed by atoms with Crippen molar-refractivity contribution < 1.29 is 9.53 Å². The summed E-state index contributed by atoms with van der Waals surface area (Å²) in [5.74, 6) is 0.279. The van der Waals surface area contributed by atoms with E-state index in [9.17, 15) is 4.79 Å². The van der Waals surface area contributed by atoms with Crippen molar-refractivity contribution >= 4 is 51.3 Å². The quantitative estimate of drug-likeness (QED) is 0.451. The number of carbonyl (C=O) groups is 1. The maximum atomic E-state index is 12.2. The minimum absolute atomic E-state index is 0.253. The van der Waals surface area contributed by atoms with Gasteiger partial charge in [-0.15, -0.1) is 0 Å². The SMILES string of the molecule is C[C@H](Oc1ccc2ccccc2c1)C(=O)NNC(=S)Nc1ccc(Cl)cc1. The van der Waals surface area contributed by atoms with Crippen molar-refractivity contribution in [3.8, 4) is 5.75 Å². The van der Waals surface area contributed by atoms with Crippen molar-refractivity contribution in [1.29, 1.82) is 0 Å². The van der Waals surface area contributed by atoms with Crippen LogP contribution in [0.15, 0.2) is 66.7 Å². The Kier molecular flexibility index (Phi) is 6.11. The van der Waals surface area contributed by atoms with E-state index in [0.717, 1.165) is 16.5 Å². The Morgan fingerprint density at radius 3 is 2.44 bits per heavy atom. The Hall–Kier alpha value is -2.83. The fourth-order valence-corrected chi connectivity index (χ4v) is 2.71. The fraction of sp³-hybridized carbons (Fsp3) is 0.100. The molecule has 7 heteroatoms. The number of amides is 1. The normalized spacial score (nSPS) is 11.5. The van der Waals surface area contributed by atoms with E-state index in [1.807, 2.05) is 42.5 Å². The monoisotopic (exact) mass is 399 g/mol. The third kappa shape index (κ3) is 5.32. The summed E-state index contributed by atoms with van der Waals surface area (Å²) in [6, 6.07) is 20.7. The summed E-state index contributed by atoms with van der Waals surface area (Å²) in [5.41, 5.74) is 5.93. The number of hydrogen-bond donors (Lipinski definition) is 3. The topological polar surface area (TPSA) is 62.4 Å². The predicted octanol–water partition coefficient (Wildman–Crippen LogP) is 4.28. The first-order chi connectivity index (χ1) is 13.0. The van der Waals surface area contributed by atoms with E-state index < -0.39 is 6.10 Å². The lowest BCUT2D eigenvalue weighted by molar-refractivity contribution is -0.127. The van der Waals surface area contributed by atoms with Gasteiger partial charge in [-0.2, -0.15) is 0 Å². The van der Waals surface area contributed by atoms with Gasteiger partial charge in [-0.25, -0.2) is 0 Å². The van der Waals surface area contributed by atoms with Gasteiger partial charge >= 0.3 is 0 Å². The van der Waals surface area contributed by atoms with Crippen LogP contribution in [0.1, 0.15) is 6.92 Å². The van der Waals surface area contributed by atoms with Gasteiger partial charge in [0.1, 0.15) is 5.75 Å². The van der Waals surface area contributed by atoms with Crippen molar-refractivity contribution in [2.45, 2.75) is 13.0 Å². The van der Waals surface area contributed by atoms with Crippen molar-refractivity contribution in [3.05, 3.63) is 71.8 Å². The number of fused-ring (bicyclic) bond motifs is 1. The fourth-order valence-electron chi connectivity index (χ4n) is 2.41. The van der Waals surface area contributed by atoms with Crippen molar-refractivity contribution in [1.82, 2.24) is 10.9 Å². The highest BCUT2D eigenvalue weighted by Crippen LogP contribution is 2.21. The number of halogens is 1. The molecule has 3 aromatic rings. The molecule has 0 bridgehead atoms. The van der Waals surface area contributed by atoms with E-state index in [-0.39, 0.29) is 11.0 Å². The zero-order valence-corrected chi connectivity index (χ0v) is 16.1. The molecule has 3 aromatic carbocycles. The Morgan fingerprint density at radius 1 is 1.00 bits per heavy atom. The number of hydrogen-bond acceptors (Lipinski definition) is 3. The van der Waals surface area contributed by atoms with Crippen molar-refractivity contribution in [3.63, 3.8) is 0 Å². The van der Waals surface area contributed by atoms with Gasteiger partial charge in [-0.3, -0.25) is 15.6 Å². The van der Waals surface area contributed by atoms with E-state index in [2.05, 4.69) is 16.2 Å². The highest BCUT2D eigenvalue weighted by atomic mass is 35.5. The second-order valence-corrected chi connectivity index (χ2v) is 6.69. The summed E-state index contributed by atoms with van der Waals surface area (Å²) in [6.07, 6.45) is -0.697. The van der Waals surface area contributed by atoms with E-state index in [4.69, 9.17) is 28.6 Å². The van der Waals surface area contributed by atoms with Gasteiger partial charge in [0.2, 0.25) is 0 Å². The van der Waals surface area contributed by atoms with Gasteiger partial charge in [0.15, 0.2) is 11.2 Å². The number of thiocarbonyl (C=S) groups is 1.